The molecular formula is C93H180N22O16. The molecule has 15 N–H and O–H groups in total. The molecule has 0 saturated carbocycles. The van der Waals surface area contributed by atoms with E-state index in [1.807, 2.05) is 145 Å². The van der Waals surface area contributed by atoms with Gasteiger partial charge >= 0.3 is 6.09 Å². The van der Waals surface area contributed by atoms with E-state index >= 15 is 0 Å². The van der Waals surface area contributed by atoms with Gasteiger partial charge in [0.05, 0.1) is 0 Å². The zero-order valence-electron chi connectivity index (χ0n) is 84.1. The van der Waals surface area contributed by atoms with Crippen LogP contribution in [0.1, 0.15) is 221 Å². The summed E-state index contributed by atoms with van der Waals surface area (Å²) in [6.07, 6.45) is 1.16. The molecule has 0 saturated heterocycles. The van der Waals surface area contributed by atoms with E-state index in [1.165, 1.54) is 0 Å². The third-order valence-corrected chi connectivity index (χ3v) is 20.4. The molecule has 131 heavy (non-hydrogen) atoms. The summed E-state index contributed by atoms with van der Waals surface area (Å²) < 4.78 is 5.49. The van der Waals surface area contributed by atoms with E-state index in [9.17, 15) is 71.9 Å². The molecule has 0 rings (SSSR count). The van der Waals surface area contributed by atoms with Gasteiger partial charge < -0.3 is 119 Å². The summed E-state index contributed by atoms with van der Waals surface area (Å²) in [6.45, 7) is 49.4. The second-order valence-corrected chi connectivity index (χ2v) is 38.5. The Bertz CT molecular complexity index is 2780. The monoisotopic (exact) mass is 1860 g/mol. The highest BCUT2D eigenvalue weighted by molar-refractivity contribution is 5.81. The minimum atomic E-state index is -0.778. The summed E-state index contributed by atoms with van der Waals surface area (Å²) in [7, 11) is 0. The quantitative estimate of drug-likeness (QED) is 0.0414. The maximum absolute atomic E-state index is 13.9. The molecule has 758 valence electrons. The Morgan fingerprint density at radius 1 is 0.176 bits per heavy atom. The molecule has 0 aromatic heterocycles. The zero-order valence-corrected chi connectivity index (χ0v) is 84.1. The predicted molar refractivity (Wildman–Crippen MR) is 515 cm³/mol. The van der Waals surface area contributed by atoms with E-state index in [4.69, 9.17) is 4.74 Å². The highest BCUT2D eigenvalue weighted by atomic mass is 16.6. The summed E-state index contributed by atoms with van der Waals surface area (Å²) in [5.74, 6) is -0.447. The number of hydrogen-bond donors (Lipinski definition) is 15. The topological polar surface area (TPSA) is 468 Å². The lowest BCUT2D eigenvalue weighted by molar-refractivity contribution is -0.123. The molecule has 0 unspecified atom stereocenters. The molecule has 0 radical (unpaired) electrons. The number of hydrogen-bond acceptors (Lipinski definition) is 23. The molecule has 0 aliphatic carbocycles. The Morgan fingerprint density at radius 3 is 0.389 bits per heavy atom. The molecule has 38 heteroatoms. The van der Waals surface area contributed by atoms with Crippen molar-refractivity contribution in [1.82, 2.24) is 114 Å². The van der Waals surface area contributed by atoms with Crippen LogP contribution in [0.3, 0.4) is 0 Å². The van der Waals surface area contributed by atoms with E-state index in [0.29, 0.717) is 131 Å². The summed E-state index contributed by atoms with van der Waals surface area (Å²) >= 11 is 0. The maximum atomic E-state index is 13.9. The molecule has 0 heterocycles. The van der Waals surface area contributed by atoms with Gasteiger partial charge in [-0.1, -0.05) is 111 Å². The molecule has 0 aromatic carbocycles. The van der Waals surface area contributed by atoms with Crippen molar-refractivity contribution in [3.05, 3.63) is 0 Å². The third kappa shape index (κ3) is 78.7. The second kappa shape index (κ2) is 74.9. The van der Waals surface area contributed by atoms with Crippen LogP contribution in [0.2, 0.25) is 0 Å². The van der Waals surface area contributed by atoms with Crippen LogP contribution < -0.4 is 79.8 Å². The molecule has 38 nitrogen and oxygen atoms in total. The van der Waals surface area contributed by atoms with E-state index in [-0.39, 0.29) is 325 Å². The summed E-state index contributed by atoms with van der Waals surface area (Å²) in [4.78, 5) is 211. The van der Waals surface area contributed by atoms with Crippen LogP contribution in [0.25, 0.3) is 0 Å². The largest absolute Gasteiger partial charge is 0.444 e. The predicted octanol–water partition coefficient (Wildman–Crippen LogP) is 1.96. The van der Waals surface area contributed by atoms with Crippen molar-refractivity contribution in [2.24, 2.45) is 47.3 Å². The molecule has 0 bridgehead atoms. The average Bonchev–Trinajstić information content (AvgIpc) is 0.972. The SMILES string of the molecule is CC(C)CNC(=O)CCN(CCNC(=O)CCN(CCNC(=O)CCN(CCNC(=O)OC(C)(C)C)CCC(=O)NCCN(CCC(=O)NCCN(CCC(=O)NCC(C)C)CCC(=O)NCC(C)C)CCC(=O)NCCN(CCC(=O)NCC(C)C)CCC(=O)NCC(C)C)CCC(=O)NCCN(CCC(=O)NCC(C)C)CCC(=O)NCC(C)C)CCC(=O)NCC(C)C. The molecule has 0 aliphatic heterocycles. The standard InChI is InChI=1S/C93H180N22O16/c1-70(2)62-101-84(122)26-47-111(48-27-85(123)102-63-71(3)4)57-36-96-78(116)20-41-109(42-21-79(117)97-37-58-112(49-28-86(124)103-64-72(5)6)50-29-87(125)104-65-73(7)8)55-34-94-82(120)24-45-115(61-40-100-92(130)131-93(17,18)19)46-25-83(121)95-35-56-110(43-22-80(118)98-38-59-113(51-30-88(126)105-66-74(9)10)52-31-89(127)106-67-75(11)12)44-23-81(119)99-39-60-114(53-32-90(128)107-68-76(13)14)54-33-91(129)108-69-77(15)16/h70-77H,20-69H2,1-19H3,(H,94,120)(H,95,121)(H,96,116)(H,97,117)(H,98,118)(H,99,119)(H,100,130)(H,101,122)(H,102,123)(H,103,124)(H,104,125)(H,105,126)(H,106,127)(H,107,128)(H,108,129). The van der Waals surface area contributed by atoms with Crippen molar-refractivity contribution < 1.29 is 76.7 Å². The van der Waals surface area contributed by atoms with Crippen molar-refractivity contribution >= 4 is 88.8 Å². The fourth-order valence-corrected chi connectivity index (χ4v) is 12.5. The van der Waals surface area contributed by atoms with Crippen LogP contribution >= 0.6 is 0 Å². The molecule has 15 amide bonds. The van der Waals surface area contributed by atoms with Gasteiger partial charge in [-0.2, -0.15) is 0 Å². The first-order valence-corrected chi connectivity index (χ1v) is 48.6. The van der Waals surface area contributed by atoms with Gasteiger partial charge in [-0.25, -0.2) is 4.79 Å². The van der Waals surface area contributed by atoms with Crippen molar-refractivity contribution in [3.63, 3.8) is 0 Å². The van der Waals surface area contributed by atoms with Crippen LogP contribution in [0.15, 0.2) is 0 Å². The van der Waals surface area contributed by atoms with Gasteiger partial charge in [0.1, 0.15) is 5.60 Å². The van der Waals surface area contributed by atoms with E-state index in [0.717, 1.165) is 0 Å². The van der Waals surface area contributed by atoms with Crippen LogP contribution in [0.5, 0.6) is 0 Å². The molecule has 0 atom stereocenters. The molecule has 0 spiro atoms. The number of amides is 15. The van der Waals surface area contributed by atoms with Gasteiger partial charge in [-0.15, -0.1) is 0 Å². The first-order valence-electron chi connectivity index (χ1n) is 48.6. The van der Waals surface area contributed by atoms with Gasteiger partial charge in [0.15, 0.2) is 0 Å². The lowest BCUT2D eigenvalue weighted by Crippen LogP contribution is -2.43. The van der Waals surface area contributed by atoms with Crippen LogP contribution in [-0.4, -0.2) is 364 Å². The Balaban J connectivity index is 6.82. The number of rotatable bonds is 79. The normalized spacial score (nSPS) is 11.7. The van der Waals surface area contributed by atoms with Gasteiger partial charge in [0, 0.05) is 326 Å². The van der Waals surface area contributed by atoms with Gasteiger partial charge in [-0.3, -0.25) is 67.1 Å². The molecule has 0 fully saturated rings. The van der Waals surface area contributed by atoms with Crippen LogP contribution in [0.4, 0.5) is 4.79 Å². The van der Waals surface area contributed by atoms with Crippen molar-refractivity contribution in [1.29, 1.82) is 0 Å². The number of carbonyl (C=O) groups is 15. The van der Waals surface area contributed by atoms with Crippen molar-refractivity contribution in [2.75, 3.05) is 236 Å². The lowest BCUT2D eigenvalue weighted by atomic mass is 10.2. The van der Waals surface area contributed by atoms with Crippen molar-refractivity contribution in [2.45, 2.75) is 227 Å². The number of carbonyl (C=O) groups excluding carboxylic acids is 15. The lowest BCUT2D eigenvalue weighted by Gasteiger charge is -2.25. The van der Waals surface area contributed by atoms with E-state index in [2.05, 4.69) is 79.8 Å². The summed E-state index contributed by atoms with van der Waals surface area (Å²) in [5, 5.41) is 44.2. The summed E-state index contributed by atoms with van der Waals surface area (Å²) in [5.41, 5.74) is -0.778. The smallest absolute Gasteiger partial charge is 0.407 e. The van der Waals surface area contributed by atoms with Gasteiger partial charge in [-0.05, 0) is 68.1 Å². The minimum absolute atomic E-state index is 0.0147. The maximum Gasteiger partial charge on any atom is 0.407 e. The Morgan fingerprint density at radius 2 is 0.282 bits per heavy atom. The van der Waals surface area contributed by atoms with Crippen molar-refractivity contribution in [3.8, 4) is 0 Å². The van der Waals surface area contributed by atoms with Gasteiger partial charge in [0.2, 0.25) is 82.7 Å². The number of nitrogens with zero attached hydrogens (tertiary/aromatic N) is 7. The highest BCUT2D eigenvalue weighted by Gasteiger charge is 2.23. The number of nitrogens with one attached hydrogen (secondary N) is 15. The van der Waals surface area contributed by atoms with E-state index < -0.39 is 11.7 Å². The average molecular weight is 1860 g/mol. The summed E-state index contributed by atoms with van der Waals surface area (Å²) in [6, 6.07) is 0. The zero-order chi connectivity index (χ0) is 98.5. The van der Waals surface area contributed by atoms with Crippen LogP contribution in [0, 0.1) is 47.3 Å². The van der Waals surface area contributed by atoms with Gasteiger partial charge in [0.25, 0.3) is 0 Å². The Labute approximate surface area is 785 Å². The van der Waals surface area contributed by atoms with Crippen LogP contribution in [-0.2, 0) is 71.9 Å². The first kappa shape index (κ1) is 123. The number of ether oxygens (including phenoxy) is 1. The third-order valence-electron chi connectivity index (χ3n) is 20.4. The Kier molecular flexibility index (Phi) is 70.1. The first-order chi connectivity index (χ1) is 61.8. The fraction of sp³-hybridized carbons (Fsp3) is 0.839. The molecule has 0 aliphatic rings. The van der Waals surface area contributed by atoms with E-state index in [1.54, 1.807) is 20.8 Å². The number of alkyl carbamates (subject to hydrolysis) is 1. The minimum Gasteiger partial charge on any atom is -0.444 e. The fourth-order valence-electron chi connectivity index (χ4n) is 12.5. The highest BCUT2D eigenvalue weighted by Crippen LogP contribution is 2.09. The second-order valence-electron chi connectivity index (χ2n) is 38.5. The Hall–Kier alpha value is -8.43. The molecule has 0 aromatic rings. The molecular weight excluding hydrogens is 1680 g/mol.